The molecule has 0 atom stereocenters. The Morgan fingerprint density at radius 1 is 1.09 bits per heavy atom. The Labute approximate surface area is 184 Å². The number of hydrogen-bond acceptors (Lipinski definition) is 8. The van der Waals surface area contributed by atoms with E-state index in [0.717, 1.165) is 37.9 Å². The van der Waals surface area contributed by atoms with E-state index >= 15 is 0 Å². The predicted molar refractivity (Wildman–Crippen MR) is 118 cm³/mol. The summed E-state index contributed by atoms with van der Waals surface area (Å²) in [6.07, 6.45) is 4.36. The number of nitrogens with one attached hydrogen (secondary N) is 2. The first-order chi connectivity index (χ1) is 15.6. The van der Waals surface area contributed by atoms with E-state index in [-0.39, 0.29) is 17.6 Å². The number of piperazine rings is 1. The number of hydrogen-bond donors (Lipinski definition) is 2. The average Bonchev–Trinajstić information content (AvgIpc) is 3.50. The molecule has 2 aromatic heterocycles. The van der Waals surface area contributed by atoms with Crippen LogP contribution in [0.25, 0.3) is 0 Å². The van der Waals surface area contributed by atoms with Crippen molar-refractivity contribution in [2.24, 2.45) is 5.92 Å². The molecule has 0 unspecified atom stereocenters. The first-order valence-corrected chi connectivity index (χ1v) is 10.7. The number of carbonyl (C=O) groups excluding carboxylic acids is 1. The Bertz CT molecular complexity index is 1080. The van der Waals surface area contributed by atoms with Crippen LogP contribution in [0.4, 0.5) is 27.6 Å². The molecule has 2 N–H and O–H groups in total. The second kappa shape index (κ2) is 8.91. The van der Waals surface area contributed by atoms with E-state index in [9.17, 15) is 9.18 Å². The van der Waals surface area contributed by atoms with Gasteiger partial charge in [-0.3, -0.25) is 9.69 Å². The molecule has 1 saturated carbocycles. The Kier molecular flexibility index (Phi) is 5.68. The molecule has 3 heterocycles. The van der Waals surface area contributed by atoms with Gasteiger partial charge in [-0.1, -0.05) is 17.2 Å². The zero-order chi connectivity index (χ0) is 21.9. The SMILES string of the molecule is O=C(Nc1ccc(N2CCN(CC3CC3)CC2)nc1)c1nnc(Nc2ccccc2F)o1. The van der Waals surface area contributed by atoms with Crippen LogP contribution >= 0.6 is 0 Å². The number of para-hydroxylation sites is 1. The van der Waals surface area contributed by atoms with Crippen molar-refractivity contribution in [3.63, 3.8) is 0 Å². The minimum absolute atomic E-state index is 0.0745. The van der Waals surface area contributed by atoms with Crippen molar-refractivity contribution in [2.45, 2.75) is 12.8 Å². The van der Waals surface area contributed by atoms with Crippen LogP contribution in [0.5, 0.6) is 0 Å². The summed E-state index contributed by atoms with van der Waals surface area (Å²) in [4.78, 5) is 21.7. The van der Waals surface area contributed by atoms with Crippen LogP contribution in [0.2, 0.25) is 0 Å². The van der Waals surface area contributed by atoms with Crippen molar-refractivity contribution >= 4 is 29.1 Å². The lowest BCUT2D eigenvalue weighted by molar-refractivity contribution is 0.0991. The topological polar surface area (TPSA) is 99.4 Å². The van der Waals surface area contributed by atoms with Gasteiger partial charge in [-0.25, -0.2) is 9.37 Å². The second-order valence-corrected chi connectivity index (χ2v) is 8.11. The highest BCUT2D eigenvalue weighted by Crippen LogP contribution is 2.30. The molecule has 2 aliphatic rings. The first-order valence-electron chi connectivity index (χ1n) is 10.7. The Morgan fingerprint density at radius 3 is 2.62 bits per heavy atom. The molecule has 1 aliphatic heterocycles. The van der Waals surface area contributed by atoms with Crippen molar-refractivity contribution < 1.29 is 13.6 Å². The van der Waals surface area contributed by atoms with E-state index in [1.165, 1.54) is 31.5 Å². The predicted octanol–water partition coefficient (Wildman–Crippen LogP) is 3.13. The van der Waals surface area contributed by atoms with E-state index in [0.29, 0.717) is 5.69 Å². The van der Waals surface area contributed by atoms with Crippen molar-refractivity contribution in [1.82, 2.24) is 20.1 Å². The van der Waals surface area contributed by atoms with Gasteiger partial charge in [0, 0.05) is 32.7 Å². The molecule has 166 valence electrons. The Hall–Kier alpha value is -3.53. The van der Waals surface area contributed by atoms with Gasteiger partial charge in [0.25, 0.3) is 0 Å². The number of halogens is 1. The number of amides is 1. The lowest BCUT2D eigenvalue weighted by Crippen LogP contribution is -2.47. The number of anilines is 4. The van der Waals surface area contributed by atoms with Gasteiger partial charge < -0.3 is 20.0 Å². The maximum absolute atomic E-state index is 13.7. The first kappa shape index (κ1) is 20.4. The summed E-state index contributed by atoms with van der Waals surface area (Å²) in [5.41, 5.74) is 0.698. The zero-order valence-electron chi connectivity index (χ0n) is 17.5. The molecule has 5 rings (SSSR count). The molecule has 32 heavy (non-hydrogen) atoms. The Morgan fingerprint density at radius 2 is 1.91 bits per heavy atom. The highest BCUT2D eigenvalue weighted by Gasteiger charge is 2.26. The molecule has 2 fully saturated rings. The van der Waals surface area contributed by atoms with Crippen LogP contribution in [0.3, 0.4) is 0 Å². The lowest BCUT2D eigenvalue weighted by atomic mass is 10.2. The van der Waals surface area contributed by atoms with E-state index in [1.54, 1.807) is 24.4 Å². The second-order valence-electron chi connectivity index (χ2n) is 8.11. The van der Waals surface area contributed by atoms with Gasteiger partial charge in [0.1, 0.15) is 11.6 Å². The fourth-order valence-corrected chi connectivity index (χ4v) is 3.70. The molecule has 1 amide bonds. The molecule has 1 aromatic carbocycles. The zero-order valence-corrected chi connectivity index (χ0v) is 17.5. The lowest BCUT2D eigenvalue weighted by Gasteiger charge is -2.35. The average molecular weight is 437 g/mol. The summed E-state index contributed by atoms with van der Waals surface area (Å²) in [7, 11) is 0. The number of nitrogens with zero attached hydrogens (tertiary/aromatic N) is 5. The van der Waals surface area contributed by atoms with Crippen molar-refractivity contribution in [2.75, 3.05) is 48.3 Å². The van der Waals surface area contributed by atoms with Crippen LogP contribution in [0, 0.1) is 11.7 Å². The van der Waals surface area contributed by atoms with Crippen molar-refractivity contribution in [3.8, 4) is 0 Å². The number of carbonyl (C=O) groups is 1. The summed E-state index contributed by atoms with van der Waals surface area (Å²) >= 11 is 0. The maximum atomic E-state index is 13.7. The third-order valence-corrected chi connectivity index (χ3v) is 5.65. The summed E-state index contributed by atoms with van der Waals surface area (Å²) in [6, 6.07) is 9.68. The summed E-state index contributed by atoms with van der Waals surface area (Å²) in [5, 5.41) is 12.8. The largest absolute Gasteiger partial charge is 0.399 e. The molecule has 9 nitrogen and oxygen atoms in total. The Balaban J connectivity index is 1.15. The fraction of sp³-hybridized carbons (Fsp3) is 0.364. The summed E-state index contributed by atoms with van der Waals surface area (Å²) in [5.74, 6) is 0.533. The van der Waals surface area contributed by atoms with Gasteiger partial charge in [-0.15, -0.1) is 5.10 Å². The highest BCUT2D eigenvalue weighted by atomic mass is 19.1. The summed E-state index contributed by atoms with van der Waals surface area (Å²) in [6.45, 7) is 5.23. The van der Waals surface area contributed by atoms with Gasteiger partial charge in [0.2, 0.25) is 0 Å². The third kappa shape index (κ3) is 4.86. The quantitative estimate of drug-likeness (QED) is 0.582. The van der Waals surface area contributed by atoms with Gasteiger partial charge in [0.15, 0.2) is 0 Å². The maximum Gasteiger partial charge on any atom is 0.320 e. The van der Waals surface area contributed by atoms with Gasteiger partial charge in [-0.2, -0.15) is 0 Å². The van der Waals surface area contributed by atoms with Crippen LogP contribution in [-0.4, -0.2) is 58.7 Å². The van der Waals surface area contributed by atoms with Crippen molar-refractivity contribution in [3.05, 3.63) is 54.3 Å². The third-order valence-electron chi connectivity index (χ3n) is 5.65. The van der Waals surface area contributed by atoms with Crippen LogP contribution in [-0.2, 0) is 0 Å². The number of aromatic nitrogens is 3. The van der Waals surface area contributed by atoms with Gasteiger partial charge >= 0.3 is 17.8 Å². The van der Waals surface area contributed by atoms with E-state index in [4.69, 9.17) is 4.42 Å². The standard InChI is InChI=1S/C22H24FN7O2/c23-17-3-1-2-4-18(17)26-22-28-27-21(32-22)20(31)25-16-7-8-19(24-13-16)30-11-9-29(10-12-30)14-15-5-6-15/h1-4,7-8,13,15H,5-6,9-12,14H2,(H,25,31)(H,26,28). The fourth-order valence-electron chi connectivity index (χ4n) is 3.70. The monoisotopic (exact) mass is 437 g/mol. The van der Waals surface area contributed by atoms with E-state index < -0.39 is 11.7 Å². The summed E-state index contributed by atoms with van der Waals surface area (Å²) < 4.78 is 19.0. The molecule has 0 bridgehead atoms. The molecule has 1 aliphatic carbocycles. The smallest absolute Gasteiger partial charge is 0.320 e. The number of benzene rings is 1. The van der Waals surface area contributed by atoms with Gasteiger partial charge in [0.05, 0.1) is 17.6 Å². The minimum Gasteiger partial charge on any atom is -0.399 e. The number of rotatable bonds is 7. The van der Waals surface area contributed by atoms with Crippen LogP contribution in [0.1, 0.15) is 23.5 Å². The van der Waals surface area contributed by atoms with Crippen molar-refractivity contribution in [1.29, 1.82) is 0 Å². The highest BCUT2D eigenvalue weighted by molar-refractivity contribution is 6.00. The van der Waals surface area contributed by atoms with Gasteiger partial charge in [-0.05, 0) is 43.0 Å². The molecular weight excluding hydrogens is 413 g/mol. The molecule has 1 saturated heterocycles. The van der Waals surface area contributed by atoms with Crippen LogP contribution in [0.15, 0.2) is 47.0 Å². The molecule has 10 heteroatoms. The molecule has 0 spiro atoms. The van der Waals surface area contributed by atoms with E-state index in [1.807, 2.05) is 6.07 Å². The van der Waals surface area contributed by atoms with Crippen LogP contribution < -0.4 is 15.5 Å². The molecule has 0 radical (unpaired) electrons. The number of pyridine rings is 1. The molecular formula is C22H24FN7O2. The molecule has 3 aromatic rings. The minimum atomic E-state index is -0.567. The normalized spacial score (nSPS) is 16.7. The van der Waals surface area contributed by atoms with E-state index in [2.05, 4.69) is 35.6 Å².